The zero-order valence-corrected chi connectivity index (χ0v) is 23.3. The molecule has 210 valence electrons. The summed E-state index contributed by atoms with van der Waals surface area (Å²) < 4.78 is 28.4. The van der Waals surface area contributed by atoms with Crippen molar-refractivity contribution in [3.8, 4) is 39.9 Å². The van der Waals surface area contributed by atoms with Crippen molar-refractivity contribution in [1.82, 2.24) is 0 Å². The van der Waals surface area contributed by atoms with Crippen LogP contribution in [0.2, 0.25) is 0 Å². The minimum absolute atomic E-state index is 0.127. The second kappa shape index (κ2) is 10.7. The second-order valence-corrected chi connectivity index (χ2v) is 10.3. The van der Waals surface area contributed by atoms with Gasteiger partial charge in [-0.15, -0.1) is 0 Å². The molecule has 6 rings (SSSR count). The molecule has 4 aromatic rings. The Balaban J connectivity index is 1.67. The summed E-state index contributed by atoms with van der Waals surface area (Å²) in [6.07, 6.45) is 1.23. The average Bonchev–Trinajstić information content (AvgIpc) is 3.62. The van der Waals surface area contributed by atoms with Gasteiger partial charge in [0.05, 0.1) is 32.2 Å². The third kappa shape index (κ3) is 4.42. The Labute approximate surface area is 239 Å². The van der Waals surface area contributed by atoms with E-state index in [2.05, 4.69) is 6.92 Å². The van der Waals surface area contributed by atoms with Gasteiger partial charge in [0, 0.05) is 0 Å². The number of carboxylic acids is 1. The van der Waals surface area contributed by atoms with Gasteiger partial charge < -0.3 is 28.8 Å². The van der Waals surface area contributed by atoms with E-state index in [9.17, 15) is 9.90 Å². The lowest BCUT2D eigenvalue weighted by Gasteiger charge is -2.38. The molecule has 7 nitrogen and oxygen atoms in total. The molecule has 0 aromatic heterocycles. The van der Waals surface area contributed by atoms with Crippen LogP contribution in [-0.4, -0.2) is 38.7 Å². The van der Waals surface area contributed by atoms with E-state index in [1.54, 1.807) is 14.2 Å². The maximum Gasteiger partial charge on any atom is 0.308 e. The Morgan fingerprint density at radius 3 is 2.29 bits per heavy atom. The first-order chi connectivity index (χ1) is 20.0. The van der Waals surface area contributed by atoms with Gasteiger partial charge in [-0.05, 0) is 94.8 Å². The number of carboxylic acid groups (broad SMARTS) is 1. The highest BCUT2D eigenvalue weighted by atomic mass is 16.7. The van der Waals surface area contributed by atoms with Crippen LogP contribution in [0.5, 0.6) is 28.7 Å². The number of hydrogen-bond donors (Lipinski definition) is 1. The average molecular weight is 553 g/mol. The van der Waals surface area contributed by atoms with Gasteiger partial charge in [-0.3, -0.25) is 4.79 Å². The Morgan fingerprint density at radius 2 is 1.56 bits per heavy atom. The van der Waals surface area contributed by atoms with Crippen LogP contribution in [0.15, 0.2) is 78.9 Å². The fourth-order valence-corrected chi connectivity index (χ4v) is 6.26. The molecule has 0 bridgehead atoms. The summed E-state index contributed by atoms with van der Waals surface area (Å²) in [6, 6.07) is 25.4. The Hall–Kier alpha value is -4.65. The van der Waals surface area contributed by atoms with Crippen molar-refractivity contribution in [2.45, 2.75) is 25.2 Å². The normalized spacial score (nSPS) is 18.6. The third-order valence-corrected chi connectivity index (χ3v) is 8.10. The molecule has 1 aliphatic carbocycles. The zero-order chi connectivity index (χ0) is 28.6. The number of ether oxygens (including phenoxy) is 5. The van der Waals surface area contributed by atoms with Crippen molar-refractivity contribution in [3.05, 3.63) is 101 Å². The number of methoxy groups -OCH3 is 2. The first-order valence-electron chi connectivity index (χ1n) is 13.7. The van der Waals surface area contributed by atoms with E-state index < -0.39 is 17.3 Å². The number of hydrogen-bond acceptors (Lipinski definition) is 6. The first kappa shape index (κ1) is 26.6. The van der Waals surface area contributed by atoms with Crippen LogP contribution in [0.25, 0.3) is 11.1 Å². The summed E-state index contributed by atoms with van der Waals surface area (Å²) in [5.74, 6) is 1.70. The Kier molecular flexibility index (Phi) is 6.95. The predicted molar refractivity (Wildman–Crippen MR) is 154 cm³/mol. The van der Waals surface area contributed by atoms with Crippen molar-refractivity contribution in [3.63, 3.8) is 0 Å². The monoisotopic (exact) mass is 552 g/mol. The van der Waals surface area contributed by atoms with Gasteiger partial charge in [-0.2, -0.15) is 0 Å². The number of fused-ring (bicyclic) bond motifs is 2. The highest BCUT2D eigenvalue weighted by Crippen LogP contribution is 2.57. The fraction of sp³-hybridized carbons (Fsp3) is 0.265. The summed E-state index contributed by atoms with van der Waals surface area (Å²) in [5.41, 5.74) is 4.28. The predicted octanol–water partition coefficient (Wildman–Crippen LogP) is 6.48. The van der Waals surface area contributed by atoms with Gasteiger partial charge in [0.15, 0.2) is 11.5 Å². The van der Waals surface area contributed by atoms with E-state index in [1.165, 1.54) is 0 Å². The molecule has 7 heteroatoms. The van der Waals surface area contributed by atoms with Crippen molar-refractivity contribution in [2.75, 3.05) is 27.6 Å². The fourth-order valence-electron chi connectivity index (χ4n) is 6.26. The second-order valence-electron chi connectivity index (χ2n) is 10.3. The molecule has 0 spiro atoms. The SMILES string of the molecule is CCCOc1ccc2c(c1)CC(C(=O)O)C2(c1ccc2c(c1)OCO2)c1ccc(OC)cc1-c1ccc(OC)cc1. The smallest absolute Gasteiger partial charge is 0.308 e. The van der Waals surface area contributed by atoms with Gasteiger partial charge in [0.2, 0.25) is 6.79 Å². The standard InChI is InChI=1S/C34H32O7/c1-4-15-39-26-11-12-28-22(16-26)17-30(33(35)36)34(28,23-7-14-31-32(18-23)41-20-40-31)29-13-10-25(38-3)19-27(29)21-5-8-24(37-2)9-6-21/h5-14,16,18-19,30H,4,15,17,20H2,1-3H3,(H,35,36). The minimum atomic E-state index is -1.05. The molecule has 1 N–H and O–H groups in total. The Morgan fingerprint density at radius 1 is 0.854 bits per heavy atom. The molecule has 2 unspecified atom stereocenters. The molecule has 0 fully saturated rings. The number of benzene rings is 4. The molecule has 0 radical (unpaired) electrons. The van der Waals surface area contributed by atoms with Crippen molar-refractivity contribution in [2.24, 2.45) is 5.92 Å². The highest BCUT2D eigenvalue weighted by Gasteiger charge is 2.54. The van der Waals surface area contributed by atoms with Gasteiger partial charge in [0.25, 0.3) is 0 Å². The van der Waals surface area contributed by atoms with Crippen LogP contribution >= 0.6 is 0 Å². The summed E-state index contributed by atoms with van der Waals surface area (Å²) in [4.78, 5) is 13.2. The van der Waals surface area contributed by atoms with Crippen LogP contribution in [0, 0.1) is 5.92 Å². The number of carbonyl (C=O) groups is 1. The van der Waals surface area contributed by atoms with Crippen molar-refractivity contribution >= 4 is 5.97 Å². The van der Waals surface area contributed by atoms with Gasteiger partial charge in [-0.1, -0.05) is 37.3 Å². The van der Waals surface area contributed by atoms with E-state index in [4.69, 9.17) is 23.7 Å². The van der Waals surface area contributed by atoms with E-state index in [-0.39, 0.29) is 6.79 Å². The molecule has 0 saturated carbocycles. The summed E-state index contributed by atoms with van der Waals surface area (Å²) in [7, 11) is 3.26. The van der Waals surface area contributed by atoms with Crippen molar-refractivity contribution < 1.29 is 33.6 Å². The lowest BCUT2D eigenvalue weighted by Crippen LogP contribution is -2.39. The maximum absolute atomic E-state index is 13.2. The van der Waals surface area contributed by atoms with Crippen LogP contribution in [0.1, 0.15) is 35.6 Å². The third-order valence-electron chi connectivity index (χ3n) is 8.10. The summed E-state index contributed by atoms with van der Waals surface area (Å²) >= 11 is 0. The van der Waals surface area contributed by atoms with Crippen LogP contribution in [0.3, 0.4) is 0 Å². The van der Waals surface area contributed by atoms with E-state index in [0.717, 1.165) is 51.3 Å². The largest absolute Gasteiger partial charge is 0.497 e. The molecule has 2 aliphatic rings. The lowest BCUT2D eigenvalue weighted by molar-refractivity contribution is -0.142. The maximum atomic E-state index is 13.2. The first-order valence-corrected chi connectivity index (χ1v) is 13.7. The topological polar surface area (TPSA) is 83.5 Å². The van der Waals surface area contributed by atoms with Crippen LogP contribution in [0.4, 0.5) is 0 Å². The van der Waals surface area contributed by atoms with Crippen LogP contribution in [-0.2, 0) is 16.6 Å². The van der Waals surface area contributed by atoms with Crippen LogP contribution < -0.4 is 23.7 Å². The number of rotatable bonds is 9. The molecule has 1 heterocycles. The van der Waals surface area contributed by atoms with E-state index >= 15 is 0 Å². The summed E-state index contributed by atoms with van der Waals surface area (Å²) in [6.45, 7) is 2.78. The molecule has 4 aromatic carbocycles. The van der Waals surface area contributed by atoms with E-state index in [1.807, 2.05) is 78.9 Å². The highest BCUT2D eigenvalue weighted by molar-refractivity contribution is 5.83. The van der Waals surface area contributed by atoms with E-state index in [0.29, 0.717) is 30.3 Å². The lowest BCUT2D eigenvalue weighted by atomic mass is 9.63. The molecule has 0 saturated heterocycles. The van der Waals surface area contributed by atoms with Gasteiger partial charge in [0.1, 0.15) is 17.2 Å². The van der Waals surface area contributed by atoms with Gasteiger partial charge >= 0.3 is 5.97 Å². The van der Waals surface area contributed by atoms with Gasteiger partial charge in [-0.25, -0.2) is 0 Å². The number of aliphatic carboxylic acids is 1. The molecule has 1 aliphatic heterocycles. The Bertz CT molecular complexity index is 1590. The zero-order valence-electron chi connectivity index (χ0n) is 23.3. The van der Waals surface area contributed by atoms with Crippen molar-refractivity contribution in [1.29, 1.82) is 0 Å². The molecule has 2 atom stereocenters. The summed E-state index contributed by atoms with van der Waals surface area (Å²) in [5, 5.41) is 10.8. The quantitative estimate of drug-likeness (QED) is 0.254. The molecular formula is C34H32O7. The molecule has 0 amide bonds. The molecular weight excluding hydrogens is 520 g/mol. The molecule has 41 heavy (non-hydrogen) atoms. The minimum Gasteiger partial charge on any atom is -0.497 e.